The molecule has 0 radical (unpaired) electrons. The molecule has 2 aromatic carbocycles. The third kappa shape index (κ3) is 7.62. The molecule has 0 N–H and O–H groups in total. The number of nitrogens with zero attached hydrogens (tertiary/aromatic N) is 2. The van der Waals surface area contributed by atoms with Gasteiger partial charge in [-0.15, -0.1) is 0 Å². The number of sulfonamides is 1. The molecule has 0 saturated heterocycles. The minimum absolute atomic E-state index is 0.0346. The first-order chi connectivity index (χ1) is 16.0. The normalized spacial score (nSPS) is 12.6. The molecule has 0 amide bonds. The number of carbonyl (C=O) groups is 1. The van der Waals surface area contributed by atoms with E-state index >= 15 is 0 Å². The van der Waals surface area contributed by atoms with Gasteiger partial charge in [-0.3, -0.25) is 14.9 Å². The van der Waals surface area contributed by atoms with Gasteiger partial charge in [-0.05, 0) is 43.0 Å². The molecule has 182 valence electrons. The summed E-state index contributed by atoms with van der Waals surface area (Å²) in [6.07, 6.45) is 3.87. The van der Waals surface area contributed by atoms with Crippen LogP contribution in [0.5, 0.6) is 0 Å². The van der Waals surface area contributed by atoms with Gasteiger partial charge < -0.3 is 0 Å². The number of benzene rings is 2. The molecule has 0 aromatic heterocycles. The van der Waals surface area contributed by atoms with Crippen LogP contribution < -0.4 is 0 Å². The third-order valence-corrected chi connectivity index (χ3v) is 8.50. The lowest BCUT2D eigenvalue weighted by atomic mass is 10.2. The molecule has 0 bridgehead atoms. The molecule has 0 atom stereocenters. The smallest absolute Gasteiger partial charge is 0.269 e. The van der Waals surface area contributed by atoms with E-state index in [9.17, 15) is 31.7 Å². The first-order valence-corrected chi connectivity index (χ1v) is 14.0. The van der Waals surface area contributed by atoms with Gasteiger partial charge in [-0.25, -0.2) is 16.8 Å². The number of aryl methyl sites for hydroxylation is 1. The van der Waals surface area contributed by atoms with Gasteiger partial charge in [0.25, 0.3) is 5.69 Å². The molecule has 0 spiro atoms. The molecule has 9 nitrogen and oxygen atoms in total. The number of nitro benzene ring substituents is 1. The van der Waals surface area contributed by atoms with Gasteiger partial charge in [-0.1, -0.05) is 48.5 Å². The molecule has 12 heteroatoms. The third-order valence-electron chi connectivity index (χ3n) is 4.47. The van der Waals surface area contributed by atoms with E-state index in [-0.39, 0.29) is 33.7 Å². The Morgan fingerprint density at radius 1 is 0.971 bits per heavy atom. The lowest BCUT2D eigenvalue weighted by molar-refractivity contribution is -0.384. The summed E-state index contributed by atoms with van der Waals surface area (Å²) in [7, 11) is -7.94. The fourth-order valence-electron chi connectivity index (χ4n) is 2.71. The van der Waals surface area contributed by atoms with Gasteiger partial charge in [0.1, 0.15) is 0 Å². The summed E-state index contributed by atoms with van der Waals surface area (Å²) in [5.74, 6) is 0.581. The maximum Gasteiger partial charge on any atom is 0.269 e. The van der Waals surface area contributed by atoms with Crippen LogP contribution in [-0.4, -0.2) is 50.0 Å². The Morgan fingerprint density at radius 2 is 1.53 bits per heavy atom. The van der Waals surface area contributed by atoms with Crippen molar-refractivity contribution < 1.29 is 26.6 Å². The van der Waals surface area contributed by atoms with Crippen LogP contribution in [-0.2, 0) is 24.7 Å². The highest BCUT2D eigenvalue weighted by molar-refractivity contribution is 8.14. The van der Waals surface area contributed by atoms with Crippen molar-refractivity contribution in [2.24, 2.45) is 0 Å². The topological polar surface area (TPSA) is 132 Å². The van der Waals surface area contributed by atoms with Crippen molar-refractivity contribution >= 4 is 42.4 Å². The summed E-state index contributed by atoms with van der Waals surface area (Å²) in [5.41, 5.74) is 0.627. The van der Waals surface area contributed by atoms with E-state index in [0.717, 1.165) is 51.3 Å². The van der Waals surface area contributed by atoms with E-state index in [2.05, 4.69) is 0 Å². The molecular formula is C22H24N2O7S3. The fraction of sp³-hybridized carbons (Fsp3) is 0.227. The first kappa shape index (κ1) is 27.4. The Labute approximate surface area is 203 Å². The highest BCUT2D eigenvalue weighted by Gasteiger charge is 2.23. The number of hydrogen-bond donors (Lipinski definition) is 0. The highest BCUT2D eigenvalue weighted by Crippen LogP contribution is 2.19. The molecule has 0 aliphatic carbocycles. The van der Waals surface area contributed by atoms with Gasteiger partial charge in [-0.2, -0.15) is 4.31 Å². The Kier molecular flexibility index (Phi) is 9.74. The summed E-state index contributed by atoms with van der Waals surface area (Å²) >= 11 is 1.08. The van der Waals surface area contributed by atoms with E-state index in [1.54, 1.807) is 12.1 Å². The zero-order valence-corrected chi connectivity index (χ0v) is 21.0. The van der Waals surface area contributed by atoms with Crippen LogP contribution in [0.25, 0.3) is 0 Å². The quantitative estimate of drug-likeness (QED) is 0.247. The minimum atomic E-state index is -3.98. The van der Waals surface area contributed by atoms with E-state index < -0.39 is 24.8 Å². The van der Waals surface area contributed by atoms with Crippen molar-refractivity contribution in [3.05, 3.63) is 87.8 Å². The predicted molar refractivity (Wildman–Crippen MR) is 132 cm³/mol. The van der Waals surface area contributed by atoms with Crippen LogP contribution in [0, 0.1) is 17.0 Å². The highest BCUT2D eigenvalue weighted by atomic mass is 32.2. The lowest BCUT2D eigenvalue weighted by Crippen LogP contribution is -2.31. The Morgan fingerprint density at radius 3 is 2.09 bits per heavy atom. The summed E-state index contributed by atoms with van der Waals surface area (Å²) in [6.45, 7) is 3.22. The maximum absolute atomic E-state index is 13.1. The van der Waals surface area contributed by atoms with Crippen molar-refractivity contribution in [3.63, 3.8) is 0 Å². The average Bonchev–Trinajstić information content (AvgIpc) is 2.78. The molecule has 0 unspecified atom stereocenters. The summed E-state index contributed by atoms with van der Waals surface area (Å²) in [6, 6.07) is 10.6. The molecule has 0 aliphatic rings. The van der Waals surface area contributed by atoms with Gasteiger partial charge >= 0.3 is 0 Å². The molecule has 0 saturated carbocycles. The Hall–Kier alpha value is -2.80. The monoisotopic (exact) mass is 524 g/mol. The molecule has 2 aromatic rings. The van der Waals surface area contributed by atoms with Crippen LogP contribution in [0.3, 0.4) is 0 Å². The number of rotatable bonds is 11. The maximum atomic E-state index is 13.1. The number of hydrogen-bond acceptors (Lipinski definition) is 8. The van der Waals surface area contributed by atoms with Crippen LogP contribution in [0.15, 0.2) is 82.0 Å². The summed E-state index contributed by atoms with van der Waals surface area (Å²) < 4.78 is 52.4. The molecule has 0 fully saturated rings. The predicted octanol–water partition coefficient (Wildman–Crippen LogP) is 3.72. The lowest BCUT2D eigenvalue weighted by Gasteiger charge is -2.19. The van der Waals surface area contributed by atoms with Crippen molar-refractivity contribution in [3.8, 4) is 0 Å². The van der Waals surface area contributed by atoms with Crippen molar-refractivity contribution in [1.82, 2.24) is 4.31 Å². The number of carbonyl (C=O) groups excluding carboxylic acids is 1. The van der Waals surface area contributed by atoms with Crippen LogP contribution in [0.4, 0.5) is 5.69 Å². The van der Waals surface area contributed by atoms with E-state index in [1.165, 1.54) is 30.4 Å². The SMILES string of the molecule is CCSC(=O)/C=C/CN(C/C=C/S(=O)(=O)c1ccc([N+](=O)[O-])cc1)S(=O)(=O)c1ccc(C)cc1. The molecule has 34 heavy (non-hydrogen) atoms. The zero-order valence-electron chi connectivity index (χ0n) is 18.5. The zero-order chi connectivity index (χ0) is 25.4. The van der Waals surface area contributed by atoms with Crippen molar-refractivity contribution in [1.29, 1.82) is 0 Å². The average molecular weight is 525 g/mol. The largest absolute Gasteiger partial charge is 0.282 e. The summed E-state index contributed by atoms with van der Waals surface area (Å²) in [5, 5.41) is 11.4. The number of non-ortho nitro benzene ring substituents is 1. The fourth-order valence-corrected chi connectivity index (χ4v) is 5.54. The minimum Gasteiger partial charge on any atom is -0.282 e. The Bertz CT molecular complexity index is 1280. The number of thioether (sulfide) groups is 1. The van der Waals surface area contributed by atoms with Crippen LogP contribution in [0.1, 0.15) is 12.5 Å². The van der Waals surface area contributed by atoms with Crippen LogP contribution in [0.2, 0.25) is 0 Å². The second-order valence-electron chi connectivity index (χ2n) is 6.96. The van der Waals surface area contributed by atoms with Crippen molar-refractivity contribution in [2.75, 3.05) is 18.8 Å². The van der Waals surface area contributed by atoms with E-state index in [1.807, 2.05) is 13.8 Å². The first-order valence-electron chi connectivity index (χ1n) is 10.0. The molecule has 0 heterocycles. The standard InChI is InChI=1S/C22H24N2O7S3/c1-3-32-22(25)6-4-15-23(34(30,31)21-11-7-18(2)8-12-21)16-5-17-33(28,29)20-13-9-19(10-14-20)24(26)27/h4-14,17H,3,15-16H2,1-2H3/b6-4+,17-5+. The van der Waals surface area contributed by atoms with Crippen molar-refractivity contribution in [2.45, 2.75) is 23.6 Å². The van der Waals surface area contributed by atoms with Gasteiger partial charge in [0.05, 0.1) is 14.7 Å². The second kappa shape index (κ2) is 12.1. The molecular weight excluding hydrogens is 500 g/mol. The van der Waals surface area contributed by atoms with E-state index in [4.69, 9.17) is 0 Å². The van der Waals surface area contributed by atoms with Gasteiger partial charge in [0, 0.05) is 30.6 Å². The Balaban J connectivity index is 2.28. The number of nitro groups is 1. The number of sulfone groups is 1. The van der Waals surface area contributed by atoms with E-state index in [0.29, 0.717) is 5.75 Å². The van der Waals surface area contributed by atoms with Crippen LogP contribution >= 0.6 is 11.8 Å². The van der Waals surface area contributed by atoms with Gasteiger partial charge in [0.2, 0.25) is 15.1 Å². The summed E-state index contributed by atoms with van der Waals surface area (Å²) in [4.78, 5) is 21.7. The molecule has 0 aliphatic heterocycles. The van der Waals surface area contributed by atoms with Gasteiger partial charge in [0.15, 0.2) is 9.84 Å². The second-order valence-corrected chi connectivity index (χ2v) is 12.0. The molecule has 2 rings (SSSR count).